The first kappa shape index (κ1) is 16.1. The van der Waals surface area contributed by atoms with Gasteiger partial charge in [-0.15, -0.1) is 0 Å². The molecular weight excluding hydrogens is 310 g/mol. The second kappa shape index (κ2) is 7.67. The van der Waals surface area contributed by atoms with E-state index in [0.29, 0.717) is 18.3 Å². The van der Waals surface area contributed by atoms with Crippen molar-refractivity contribution in [2.24, 2.45) is 4.99 Å². The minimum atomic E-state index is 0.287. The fourth-order valence-corrected chi connectivity index (χ4v) is 2.35. The summed E-state index contributed by atoms with van der Waals surface area (Å²) >= 11 is 0. The Morgan fingerprint density at radius 3 is 2.92 bits per heavy atom. The maximum Gasteiger partial charge on any atom is 0.231 e. The summed E-state index contributed by atoms with van der Waals surface area (Å²) in [6.07, 6.45) is 1.62. The molecule has 0 saturated carbocycles. The molecule has 0 fully saturated rings. The van der Waals surface area contributed by atoms with Crippen LogP contribution in [0.5, 0.6) is 11.5 Å². The molecule has 2 N–H and O–H groups in total. The van der Waals surface area contributed by atoms with Gasteiger partial charge in [-0.05, 0) is 31.0 Å². The molecule has 1 aromatic carbocycles. The van der Waals surface area contributed by atoms with Crippen LogP contribution in [0.3, 0.4) is 0 Å². The highest BCUT2D eigenvalue weighted by molar-refractivity contribution is 5.79. The summed E-state index contributed by atoms with van der Waals surface area (Å²) in [6.45, 7) is 3.52. The van der Waals surface area contributed by atoms with Gasteiger partial charge < -0.3 is 24.6 Å². The standard InChI is InChI=1S/C16H21N5O3/c1-11-20-15(24-21-11)4-3-7-18-16(17-2)19-9-12-5-6-13-14(8-12)23-10-22-13/h5-6,8H,3-4,7,9-10H2,1-2H3,(H2,17,18,19). The van der Waals surface area contributed by atoms with Gasteiger partial charge in [-0.3, -0.25) is 4.99 Å². The van der Waals surface area contributed by atoms with Crippen molar-refractivity contribution < 1.29 is 14.0 Å². The zero-order chi connectivity index (χ0) is 16.8. The highest BCUT2D eigenvalue weighted by Crippen LogP contribution is 2.32. The van der Waals surface area contributed by atoms with Crippen molar-refractivity contribution in [2.75, 3.05) is 20.4 Å². The minimum absolute atomic E-state index is 0.287. The smallest absolute Gasteiger partial charge is 0.231 e. The van der Waals surface area contributed by atoms with Crippen LogP contribution in [0, 0.1) is 6.92 Å². The lowest BCUT2D eigenvalue weighted by Gasteiger charge is -2.11. The number of nitrogens with one attached hydrogen (secondary N) is 2. The van der Waals surface area contributed by atoms with E-state index in [1.165, 1.54) is 0 Å². The number of aromatic nitrogens is 2. The summed E-state index contributed by atoms with van der Waals surface area (Å²) in [5.74, 6) is 3.65. The van der Waals surface area contributed by atoms with Crippen LogP contribution in [-0.2, 0) is 13.0 Å². The lowest BCUT2D eigenvalue weighted by molar-refractivity contribution is 0.174. The summed E-state index contributed by atoms with van der Waals surface area (Å²) in [5, 5.41) is 10.3. The predicted octanol–water partition coefficient (Wildman–Crippen LogP) is 1.40. The number of ether oxygens (including phenoxy) is 2. The SMILES string of the molecule is CN=C(NCCCc1nc(C)no1)NCc1ccc2c(c1)OCO2. The lowest BCUT2D eigenvalue weighted by atomic mass is 10.2. The van der Waals surface area contributed by atoms with Crippen molar-refractivity contribution >= 4 is 5.96 Å². The van der Waals surface area contributed by atoms with Crippen LogP contribution in [0.1, 0.15) is 23.7 Å². The molecule has 0 saturated heterocycles. The molecule has 8 heteroatoms. The highest BCUT2D eigenvalue weighted by Gasteiger charge is 2.13. The Hall–Kier alpha value is -2.77. The maximum absolute atomic E-state index is 5.38. The molecule has 0 amide bonds. The number of fused-ring (bicyclic) bond motifs is 1. The Kier molecular flexibility index (Phi) is 5.15. The largest absolute Gasteiger partial charge is 0.454 e. The number of aliphatic imine (C=N–C) groups is 1. The first-order valence-electron chi connectivity index (χ1n) is 7.87. The first-order valence-corrected chi connectivity index (χ1v) is 7.87. The van der Waals surface area contributed by atoms with Gasteiger partial charge in [0.1, 0.15) is 0 Å². The Morgan fingerprint density at radius 2 is 2.12 bits per heavy atom. The van der Waals surface area contributed by atoms with E-state index in [9.17, 15) is 0 Å². The van der Waals surface area contributed by atoms with Gasteiger partial charge in [0.15, 0.2) is 23.3 Å². The molecule has 24 heavy (non-hydrogen) atoms. The van der Waals surface area contributed by atoms with Crippen molar-refractivity contribution in [1.29, 1.82) is 0 Å². The van der Waals surface area contributed by atoms with Crippen LogP contribution in [0.25, 0.3) is 0 Å². The van der Waals surface area contributed by atoms with E-state index in [1.54, 1.807) is 7.05 Å². The van der Waals surface area contributed by atoms with Crippen LogP contribution >= 0.6 is 0 Å². The molecule has 0 bridgehead atoms. The van der Waals surface area contributed by atoms with Gasteiger partial charge in [-0.1, -0.05) is 11.2 Å². The van der Waals surface area contributed by atoms with Crippen molar-refractivity contribution in [1.82, 2.24) is 20.8 Å². The third kappa shape index (κ3) is 4.15. The molecule has 8 nitrogen and oxygen atoms in total. The molecule has 1 aliphatic rings. The second-order valence-corrected chi connectivity index (χ2v) is 5.38. The molecule has 0 aliphatic carbocycles. The zero-order valence-corrected chi connectivity index (χ0v) is 13.8. The third-order valence-electron chi connectivity index (χ3n) is 3.55. The van der Waals surface area contributed by atoms with E-state index in [2.05, 4.69) is 25.8 Å². The van der Waals surface area contributed by atoms with E-state index < -0.39 is 0 Å². The molecule has 128 valence electrons. The number of hydrogen-bond acceptors (Lipinski definition) is 6. The monoisotopic (exact) mass is 331 g/mol. The normalized spacial score (nSPS) is 13.2. The molecule has 0 unspecified atom stereocenters. The topological polar surface area (TPSA) is 93.8 Å². The van der Waals surface area contributed by atoms with Gasteiger partial charge in [0, 0.05) is 26.6 Å². The van der Waals surface area contributed by atoms with Crippen molar-refractivity contribution in [3.8, 4) is 11.5 Å². The fraction of sp³-hybridized carbons (Fsp3) is 0.438. The van der Waals surface area contributed by atoms with Crippen LogP contribution < -0.4 is 20.1 Å². The third-order valence-corrected chi connectivity index (χ3v) is 3.55. The Labute approximate surface area is 140 Å². The molecule has 3 rings (SSSR count). The Bertz CT molecular complexity index is 713. The summed E-state index contributed by atoms with van der Waals surface area (Å²) in [4.78, 5) is 8.39. The van der Waals surface area contributed by atoms with Gasteiger partial charge >= 0.3 is 0 Å². The molecule has 0 radical (unpaired) electrons. The maximum atomic E-state index is 5.38. The molecule has 2 heterocycles. The fourth-order valence-electron chi connectivity index (χ4n) is 2.35. The summed E-state index contributed by atoms with van der Waals surface area (Å²) in [7, 11) is 1.75. The van der Waals surface area contributed by atoms with E-state index in [0.717, 1.165) is 42.4 Å². The zero-order valence-electron chi connectivity index (χ0n) is 13.8. The number of benzene rings is 1. The van der Waals surface area contributed by atoms with Crippen LogP contribution in [-0.4, -0.2) is 36.5 Å². The van der Waals surface area contributed by atoms with Crippen LogP contribution in [0.4, 0.5) is 0 Å². The number of guanidine groups is 1. The van der Waals surface area contributed by atoms with E-state index >= 15 is 0 Å². The Morgan fingerprint density at radius 1 is 1.25 bits per heavy atom. The number of aryl methyl sites for hydroxylation is 2. The summed E-state index contributed by atoms with van der Waals surface area (Å²) in [6, 6.07) is 5.90. The van der Waals surface area contributed by atoms with Gasteiger partial charge in [0.05, 0.1) is 0 Å². The van der Waals surface area contributed by atoms with Crippen LogP contribution in [0.15, 0.2) is 27.7 Å². The van der Waals surface area contributed by atoms with Crippen molar-refractivity contribution in [3.05, 3.63) is 35.5 Å². The number of hydrogen-bond donors (Lipinski definition) is 2. The van der Waals surface area contributed by atoms with Crippen LogP contribution in [0.2, 0.25) is 0 Å². The van der Waals surface area contributed by atoms with Gasteiger partial charge in [0.25, 0.3) is 0 Å². The molecule has 0 atom stereocenters. The Balaban J connectivity index is 1.40. The predicted molar refractivity (Wildman–Crippen MR) is 88.1 cm³/mol. The molecule has 0 spiro atoms. The average Bonchev–Trinajstić information content (AvgIpc) is 3.22. The highest BCUT2D eigenvalue weighted by atomic mass is 16.7. The molecular formula is C16H21N5O3. The van der Waals surface area contributed by atoms with Gasteiger partial charge in [-0.25, -0.2) is 0 Å². The summed E-state index contributed by atoms with van der Waals surface area (Å²) in [5.41, 5.74) is 1.10. The van der Waals surface area contributed by atoms with Gasteiger partial charge in [0.2, 0.25) is 12.7 Å². The average molecular weight is 331 g/mol. The van der Waals surface area contributed by atoms with E-state index in [-0.39, 0.29) is 6.79 Å². The molecule has 2 aromatic rings. The summed E-state index contributed by atoms with van der Waals surface area (Å²) < 4.78 is 15.8. The van der Waals surface area contributed by atoms with Crippen molar-refractivity contribution in [2.45, 2.75) is 26.3 Å². The number of rotatable bonds is 6. The molecule has 1 aliphatic heterocycles. The molecule has 1 aromatic heterocycles. The van der Waals surface area contributed by atoms with E-state index in [1.807, 2.05) is 25.1 Å². The van der Waals surface area contributed by atoms with Gasteiger partial charge in [-0.2, -0.15) is 4.98 Å². The van der Waals surface area contributed by atoms with Crippen molar-refractivity contribution in [3.63, 3.8) is 0 Å². The quantitative estimate of drug-likeness (QED) is 0.469. The van der Waals surface area contributed by atoms with E-state index in [4.69, 9.17) is 14.0 Å². The first-order chi connectivity index (χ1) is 11.7. The second-order valence-electron chi connectivity index (χ2n) is 5.38. The minimum Gasteiger partial charge on any atom is -0.454 e. The number of nitrogens with zero attached hydrogens (tertiary/aromatic N) is 3. The lowest BCUT2D eigenvalue weighted by Crippen LogP contribution is -2.37.